The number of rotatable bonds is 4. The van der Waals surface area contributed by atoms with Gasteiger partial charge in [-0.05, 0) is 0 Å². The van der Waals surface area contributed by atoms with Crippen LogP contribution in [0.25, 0.3) is 0 Å². The Labute approximate surface area is 147 Å². The largest absolute Gasteiger partial charge is 0.377 e. The molecule has 134 valence electrons. The SMILES string of the molecule is COCc1nnc(N2CC(C(=O)N3CC4(CNC(=O)N4)C3)CC2=O)s1. The molecule has 1 atom stereocenters. The van der Waals surface area contributed by atoms with Crippen LogP contribution in [0.1, 0.15) is 11.4 Å². The minimum Gasteiger partial charge on any atom is -0.377 e. The van der Waals surface area contributed by atoms with Crippen LogP contribution in [0.5, 0.6) is 0 Å². The van der Waals surface area contributed by atoms with Crippen LogP contribution in [-0.2, 0) is 20.9 Å². The molecule has 3 saturated heterocycles. The molecule has 0 bridgehead atoms. The average molecular weight is 366 g/mol. The Morgan fingerprint density at radius 3 is 2.88 bits per heavy atom. The number of amides is 4. The highest BCUT2D eigenvalue weighted by molar-refractivity contribution is 7.15. The Bertz CT molecular complexity index is 731. The molecule has 1 unspecified atom stereocenters. The quantitative estimate of drug-likeness (QED) is 0.701. The number of likely N-dealkylation sites (tertiary alicyclic amines) is 1. The summed E-state index contributed by atoms with van der Waals surface area (Å²) in [7, 11) is 1.57. The van der Waals surface area contributed by atoms with Crippen LogP contribution in [0.3, 0.4) is 0 Å². The summed E-state index contributed by atoms with van der Waals surface area (Å²) in [6, 6.07) is -0.197. The maximum absolute atomic E-state index is 12.6. The van der Waals surface area contributed by atoms with E-state index in [1.807, 2.05) is 0 Å². The molecule has 10 nitrogen and oxygen atoms in total. The van der Waals surface area contributed by atoms with Gasteiger partial charge in [0.05, 0.1) is 11.5 Å². The zero-order valence-corrected chi connectivity index (χ0v) is 14.5. The Hall–Kier alpha value is -2.27. The molecule has 1 spiro atoms. The lowest BCUT2D eigenvalue weighted by Gasteiger charge is -2.47. The average Bonchev–Trinajstić information content (AvgIpc) is 3.24. The number of hydrogen-bond acceptors (Lipinski definition) is 7. The number of carbonyl (C=O) groups is 3. The highest BCUT2D eigenvalue weighted by Crippen LogP contribution is 2.31. The van der Waals surface area contributed by atoms with Crippen LogP contribution >= 0.6 is 11.3 Å². The maximum atomic E-state index is 12.6. The van der Waals surface area contributed by atoms with Gasteiger partial charge in [-0.1, -0.05) is 11.3 Å². The summed E-state index contributed by atoms with van der Waals surface area (Å²) >= 11 is 1.29. The van der Waals surface area contributed by atoms with Crippen LogP contribution < -0.4 is 15.5 Å². The molecule has 0 aliphatic carbocycles. The molecule has 3 fully saturated rings. The van der Waals surface area contributed by atoms with E-state index < -0.39 is 0 Å². The topological polar surface area (TPSA) is 117 Å². The van der Waals surface area contributed by atoms with Gasteiger partial charge in [0.2, 0.25) is 16.9 Å². The fraction of sp³-hybridized carbons (Fsp3) is 0.643. The highest BCUT2D eigenvalue weighted by atomic mass is 32.1. The molecule has 1 aromatic heterocycles. The maximum Gasteiger partial charge on any atom is 0.315 e. The van der Waals surface area contributed by atoms with Gasteiger partial charge in [0.15, 0.2) is 0 Å². The van der Waals surface area contributed by atoms with Crippen molar-refractivity contribution in [3.63, 3.8) is 0 Å². The summed E-state index contributed by atoms with van der Waals surface area (Å²) in [4.78, 5) is 39.4. The molecule has 0 aromatic carbocycles. The first-order valence-corrected chi connectivity index (χ1v) is 8.78. The van der Waals surface area contributed by atoms with E-state index in [1.165, 1.54) is 16.2 Å². The number of methoxy groups -OCH3 is 1. The van der Waals surface area contributed by atoms with Crippen molar-refractivity contribution < 1.29 is 19.1 Å². The van der Waals surface area contributed by atoms with Gasteiger partial charge >= 0.3 is 6.03 Å². The van der Waals surface area contributed by atoms with Crippen LogP contribution in [0, 0.1) is 5.92 Å². The van der Waals surface area contributed by atoms with E-state index >= 15 is 0 Å². The third-order valence-corrected chi connectivity index (χ3v) is 5.61. The van der Waals surface area contributed by atoms with Gasteiger partial charge in [0.25, 0.3) is 0 Å². The van der Waals surface area contributed by atoms with Crippen molar-refractivity contribution in [1.82, 2.24) is 25.7 Å². The van der Waals surface area contributed by atoms with Crippen molar-refractivity contribution >= 4 is 34.3 Å². The van der Waals surface area contributed by atoms with Crippen molar-refractivity contribution in [3.05, 3.63) is 5.01 Å². The molecular formula is C14H18N6O4S. The van der Waals surface area contributed by atoms with Gasteiger partial charge < -0.3 is 20.3 Å². The minimum absolute atomic E-state index is 0.0516. The normalized spacial score (nSPS) is 24.4. The molecule has 4 rings (SSSR count). The zero-order valence-electron chi connectivity index (χ0n) is 13.7. The predicted octanol–water partition coefficient (Wildman–Crippen LogP) is -1.07. The lowest BCUT2D eigenvalue weighted by Crippen LogP contribution is -2.70. The third-order valence-electron chi connectivity index (χ3n) is 4.69. The Balaban J connectivity index is 1.37. The van der Waals surface area contributed by atoms with Crippen LogP contribution in [0.15, 0.2) is 0 Å². The Morgan fingerprint density at radius 2 is 2.20 bits per heavy atom. The summed E-state index contributed by atoms with van der Waals surface area (Å²) in [5.74, 6) is -0.557. The first-order valence-electron chi connectivity index (χ1n) is 7.96. The van der Waals surface area contributed by atoms with E-state index in [9.17, 15) is 14.4 Å². The summed E-state index contributed by atoms with van der Waals surface area (Å²) in [5.41, 5.74) is -0.344. The summed E-state index contributed by atoms with van der Waals surface area (Å²) in [6.07, 6.45) is 0.173. The van der Waals surface area contributed by atoms with Crippen LogP contribution in [-0.4, -0.2) is 71.8 Å². The van der Waals surface area contributed by atoms with E-state index in [1.54, 1.807) is 12.0 Å². The zero-order chi connectivity index (χ0) is 17.6. The number of urea groups is 1. The lowest BCUT2D eigenvalue weighted by atomic mass is 9.89. The molecule has 4 amide bonds. The molecular weight excluding hydrogens is 348 g/mol. The smallest absolute Gasteiger partial charge is 0.315 e. The standard InChI is InChI=1S/C14H18N6O4S/c1-24-4-9-17-18-13(25-9)20-3-8(2-10(20)21)11(22)19-6-14(7-19)5-15-12(23)16-14/h8H,2-7H2,1H3,(H2,15,16,23). The van der Waals surface area contributed by atoms with Crippen molar-refractivity contribution in [2.24, 2.45) is 5.92 Å². The Morgan fingerprint density at radius 1 is 1.40 bits per heavy atom. The first-order chi connectivity index (χ1) is 12.0. The number of nitrogens with one attached hydrogen (secondary N) is 2. The second-order valence-corrected chi connectivity index (χ2v) is 7.64. The van der Waals surface area contributed by atoms with Crippen LogP contribution in [0.2, 0.25) is 0 Å². The molecule has 3 aliphatic heterocycles. The van der Waals surface area contributed by atoms with Gasteiger partial charge in [-0.15, -0.1) is 10.2 Å². The number of carbonyl (C=O) groups excluding carboxylic acids is 3. The molecule has 25 heavy (non-hydrogen) atoms. The molecule has 2 N–H and O–H groups in total. The number of nitrogens with zero attached hydrogens (tertiary/aromatic N) is 4. The lowest BCUT2D eigenvalue weighted by molar-refractivity contribution is -0.143. The van der Waals surface area contributed by atoms with E-state index in [4.69, 9.17) is 4.74 Å². The van der Waals surface area contributed by atoms with Gasteiger partial charge in [-0.2, -0.15) is 0 Å². The highest BCUT2D eigenvalue weighted by Gasteiger charge is 2.51. The second kappa shape index (κ2) is 5.92. The van der Waals surface area contributed by atoms with E-state index in [0.29, 0.717) is 42.9 Å². The molecule has 0 radical (unpaired) electrons. The van der Waals surface area contributed by atoms with Crippen molar-refractivity contribution in [2.45, 2.75) is 18.6 Å². The fourth-order valence-electron chi connectivity index (χ4n) is 3.46. The van der Waals surface area contributed by atoms with Crippen molar-refractivity contribution in [1.29, 1.82) is 0 Å². The van der Waals surface area contributed by atoms with Gasteiger partial charge in [0, 0.05) is 39.7 Å². The number of ether oxygens (including phenoxy) is 1. The van der Waals surface area contributed by atoms with Gasteiger partial charge in [-0.3, -0.25) is 14.5 Å². The molecule has 3 aliphatic rings. The van der Waals surface area contributed by atoms with E-state index in [2.05, 4.69) is 20.8 Å². The van der Waals surface area contributed by atoms with E-state index in [0.717, 1.165) is 0 Å². The fourth-order valence-corrected chi connectivity index (χ4v) is 4.30. The third kappa shape index (κ3) is 2.82. The van der Waals surface area contributed by atoms with Gasteiger partial charge in [-0.25, -0.2) is 4.79 Å². The monoisotopic (exact) mass is 366 g/mol. The summed E-state index contributed by atoms with van der Waals surface area (Å²) < 4.78 is 5.01. The molecule has 11 heteroatoms. The van der Waals surface area contributed by atoms with Gasteiger partial charge in [0.1, 0.15) is 11.6 Å². The summed E-state index contributed by atoms with van der Waals surface area (Å²) in [5, 5.41) is 14.8. The number of aromatic nitrogens is 2. The Kier molecular flexibility index (Phi) is 3.84. The molecule has 1 aromatic rings. The van der Waals surface area contributed by atoms with E-state index in [-0.39, 0.29) is 35.7 Å². The molecule has 0 saturated carbocycles. The number of anilines is 1. The second-order valence-electron chi connectivity index (χ2n) is 6.60. The number of hydrogen-bond donors (Lipinski definition) is 2. The van der Waals surface area contributed by atoms with Crippen molar-refractivity contribution in [2.75, 3.05) is 38.2 Å². The minimum atomic E-state index is -0.385. The predicted molar refractivity (Wildman–Crippen MR) is 86.9 cm³/mol. The summed E-state index contributed by atoms with van der Waals surface area (Å²) in [6.45, 7) is 2.14. The first kappa shape index (κ1) is 16.2. The van der Waals surface area contributed by atoms with Crippen molar-refractivity contribution in [3.8, 4) is 0 Å². The van der Waals surface area contributed by atoms with Crippen LogP contribution in [0.4, 0.5) is 9.93 Å². The molecule has 4 heterocycles.